The Hall–Kier alpha value is -2.76. The quantitative estimate of drug-likeness (QED) is 0.147. The van der Waals surface area contributed by atoms with Crippen molar-refractivity contribution in [1.29, 1.82) is 0 Å². The number of methoxy groups -OCH3 is 3. The van der Waals surface area contributed by atoms with Crippen molar-refractivity contribution in [1.82, 2.24) is 0 Å². The highest BCUT2D eigenvalue weighted by atomic mass is 28.4. The predicted molar refractivity (Wildman–Crippen MR) is 193 cm³/mol. The molecule has 0 spiro atoms. The number of benzene rings is 2. The lowest BCUT2D eigenvalue weighted by atomic mass is 10.2. The molecule has 2 aromatic carbocycles. The van der Waals surface area contributed by atoms with Gasteiger partial charge in [0.05, 0.1) is 49.8 Å². The van der Waals surface area contributed by atoms with E-state index in [0.29, 0.717) is 43.8 Å². The molecular formula is C37H59O13Si+. The van der Waals surface area contributed by atoms with Gasteiger partial charge in [-0.2, -0.15) is 0 Å². The van der Waals surface area contributed by atoms with E-state index in [-0.39, 0.29) is 50.8 Å². The second-order valence-corrected chi connectivity index (χ2v) is 18.2. The molecule has 2 saturated heterocycles. The van der Waals surface area contributed by atoms with Crippen molar-refractivity contribution in [2.45, 2.75) is 88.7 Å². The van der Waals surface area contributed by atoms with Crippen LogP contribution in [-0.4, -0.2) is 128 Å². The number of esters is 2. The van der Waals surface area contributed by atoms with Crippen LogP contribution in [0, 0.1) is 0 Å². The van der Waals surface area contributed by atoms with Crippen LogP contribution in [-0.2, 0) is 42.3 Å². The minimum absolute atomic E-state index is 0. The summed E-state index contributed by atoms with van der Waals surface area (Å²) in [4.78, 5) is 24.0. The van der Waals surface area contributed by atoms with Crippen molar-refractivity contribution in [2.75, 3.05) is 61.0 Å². The van der Waals surface area contributed by atoms with Crippen LogP contribution in [0.3, 0.4) is 0 Å². The number of hydrogen-bond acceptors (Lipinski definition) is 13. The summed E-state index contributed by atoms with van der Waals surface area (Å²) >= 11 is 0. The zero-order chi connectivity index (χ0) is 37.9. The summed E-state index contributed by atoms with van der Waals surface area (Å²) < 4.78 is 48.7. The molecule has 0 bridgehead atoms. The van der Waals surface area contributed by atoms with Gasteiger partial charge in [0.2, 0.25) is 0 Å². The molecule has 2 fully saturated rings. The zero-order valence-corrected chi connectivity index (χ0v) is 32.3. The number of aliphatic hydroxyl groups is 2. The maximum absolute atomic E-state index is 12.3. The fourth-order valence-corrected chi connectivity index (χ4v) is 5.95. The minimum Gasteiger partial charge on any atom is -0.459 e. The fraction of sp³-hybridized carbons (Fsp3) is 0.622. The van der Waals surface area contributed by atoms with E-state index in [0.717, 1.165) is 0 Å². The van der Waals surface area contributed by atoms with Gasteiger partial charge >= 0.3 is 13.4 Å². The van der Waals surface area contributed by atoms with E-state index >= 15 is 0 Å². The van der Waals surface area contributed by atoms with Gasteiger partial charge in [-0.25, -0.2) is 9.59 Å². The second kappa shape index (κ2) is 23.0. The van der Waals surface area contributed by atoms with E-state index in [2.05, 4.69) is 38.6 Å². The number of carbonyl (C=O) groups is 2. The highest BCUT2D eigenvalue weighted by molar-refractivity contribution is 6.74. The Morgan fingerprint density at radius 2 is 1.29 bits per heavy atom. The number of carbonyl (C=O) groups excluding carboxylic acids is 2. The molecule has 2 aliphatic heterocycles. The average molecular weight is 740 g/mol. The summed E-state index contributed by atoms with van der Waals surface area (Å²) in [5.74, 6) is -0.786. The van der Waals surface area contributed by atoms with Gasteiger partial charge < -0.3 is 52.5 Å². The van der Waals surface area contributed by atoms with Crippen molar-refractivity contribution in [3.8, 4) is 0 Å². The lowest BCUT2D eigenvalue weighted by Crippen LogP contribution is -2.46. The van der Waals surface area contributed by atoms with E-state index in [1.807, 2.05) is 24.3 Å². The smallest absolute Gasteiger partial charge is 0.459 e. The van der Waals surface area contributed by atoms with Gasteiger partial charge in [0, 0.05) is 34.2 Å². The van der Waals surface area contributed by atoms with E-state index in [9.17, 15) is 14.7 Å². The van der Waals surface area contributed by atoms with Gasteiger partial charge in [0.1, 0.15) is 25.4 Å². The first-order valence-electron chi connectivity index (χ1n) is 17.1. The first-order chi connectivity index (χ1) is 24.3. The molecule has 2 aromatic rings. The van der Waals surface area contributed by atoms with Crippen molar-refractivity contribution in [3.05, 3.63) is 71.8 Å². The molecule has 51 heavy (non-hydrogen) atoms. The third-order valence-corrected chi connectivity index (χ3v) is 13.0. The SMILES string of the molecule is COC1C[C@H](O)[C@@H](COC(=O)c2ccccc2)O1.COCCO.COCCOC1C[C@H](O[Si](C)(C)C(C)(C)C)[C@@H](COC(=O)c2ccccc2)O1.[H+]. The Balaban J connectivity index is 0.000000482. The second-order valence-electron chi connectivity index (χ2n) is 13.4. The molecule has 2 N–H and O–H groups in total. The molecule has 2 unspecified atom stereocenters. The summed E-state index contributed by atoms with van der Waals surface area (Å²) in [6, 6.07) is 17.6. The maximum atomic E-state index is 12.3. The monoisotopic (exact) mass is 739 g/mol. The Kier molecular flexibility index (Phi) is 20.0. The molecule has 2 aliphatic rings. The van der Waals surface area contributed by atoms with E-state index in [1.54, 1.807) is 50.6 Å². The highest BCUT2D eigenvalue weighted by Crippen LogP contribution is 2.40. The molecule has 288 valence electrons. The standard InChI is InChI=1S/C21H34O6Si.C13H16O5.C3H8O2/c1-21(2,3)28(5,6)27-17-14-19(24-13-12-23-4)26-18(17)15-25-20(22)16-10-8-7-9-11-16;1-16-12-7-10(14)11(18-12)8-17-13(15)9-5-3-2-4-6-9;1-5-3-2-4/h7-11,17-19H,12-15H2,1-6H3;2-6,10-12,14H,7-8H2,1H3;4H,2-3H2,1H3/p+1/t17-,18+,19?;10-,11+,12?;/m00./s1. The zero-order valence-electron chi connectivity index (χ0n) is 32.3. The van der Waals surface area contributed by atoms with Crippen LogP contribution >= 0.6 is 0 Å². The van der Waals surface area contributed by atoms with E-state index in [1.165, 1.54) is 7.11 Å². The maximum Gasteiger partial charge on any atom is 1.00 e. The number of hydrogen-bond donors (Lipinski definition) is 2. The summed E-state index contributed by atoms with van der Waals surface area (Å²) in [7, 11) is 2.69. The van der Waals surface area contributed by atoms with Gasteiger partial charge in [-0.05, 0) is 42.4 Å². The molecule has 0 aromatic heterocycles. The van der Waals surface area contributed by atoms with Crippen LogP contribution < -0.4 is 0 Å². The predicted octanol–water partition coefficient (Wildman–Crippen LogP) is 4.72. The first-order valence-corrected chi connectivity index (χ1v) is 20.0. The van der Waals surface area contributed by atoms with Crippen LogP contribution in [0.25, 0.3) is 0 Å². The highest BCUT2D eigenvalue weighted by Gasteiger charge is 2.45. The summed E-state index contributed by atoms with van der Waals surface area (Å²) in [5, 5.41) is 17.7. The molecule has 4 rings (SSSR count). The van der Waals surface area contributed by atoms with Crippen LogP contribution in [0.4, 0.5) is 0 Å². The Morgan fingerprint density at radius 1 is 0.784 bits per heavy atom. The van der Waals surface area contributed by atoms with E-state index < -0.39 is 32.8 Å². The largest absolute Gasteiger partial charge is 1.00 e. The van der Waals surface area contributed by atoms with Gasteiger partial charge in [0.25, 0.3) is 0 Å². The Bertz CT molecular complexity index is 1250. The third kappa shape index (κ3) is 15.8. The Morgan fingerprint density at radius 3 is 1.73 bits per heavy atom. The van der Waals surface area contributed by atoms with Gasteiger partial charge in [-0.3, -0.25) is 0 Å². The van der Waals surface area contributed by atoms with Crippen molar-refractivity contribution in [2.24, 2.45) is 0 Å². The summed E-state index contributed by atoms with van der Waals surface area (Å²) in [6.07, 6.45) is -1.52. The number of aliphatic hydroxyl groups excluding tert-OH is 2. The van der Waals surface area contributed by atoms with E-state index in [4.69, 9.17) is 42.7 Å². The number of rotatable bonds is 15. The topological polar surface area (TPSA) is 158 Å². The molecule has 14 heteroatoms. The van der Waals surface area contributed by atoms with Crippen LogP contribution in [0.1, 0.15) is 55.8 Å². The van der Waals surface area contributed by atoms with Crippen molar-refractivity contribution >= 4 is 20.3 Å². The lowest BCUT2D eigenvalue weighted by molar-refractivity contribution is -0.149. The number of ether oxygens (including phenoxy) is 8. The van der Waals surface area contributed by atoms with Gasteiger partial charge in [-0.15, -0.1) is 0 Å². The molecule has 0 amide bonds. The molecule has 2 heterocycles. The molecule has 6 atom stereocenters. The molecule has 13 nitrogen and oxygen atoms in total. The van der Waals surface area contributed by atoms with Crippen molar-refractivity contribution < 1.29 is 63.5 Å². The summed E-state index contributed by atoms with van der Waals surface area (Å²) in [5.41, 5.74) is 1.00. The fourth-order valence-electron chi connectivity index (χ4n) is 4.59. The Labute approximate surface area is 305 Å². The van der Waals surface area contributed by atoms with Crippen LogP contribution in [0.15, 0.2) is 60.7 Å². The molecule has 0 saturated carbocycles. The van der Waals surface area contributed by atoms with Crippen LogP contribution in [0.2, 0.25) is 18.1 Å². The molecular weight excluding hydrogens is 680 g/mol. The van der Waals surface area contributed by atoms with Crippen LogP contribution in [0.5, 0.6) is 0 Å². The normalized spacial score (nSPS) is 23.0. The van der Waals surface area contributed by atoms with Gasteiger partial charge in [0.15, 0.2) is 20.9 Å². The molecule has 0 radical (unpaired) electrons. The van der Waals surface area contributed by atoms with Crippen molar-refractivity contribution in [3.63, 3.8) is 0 Å². The molecule has 0 aliphatic carbocycles. The average Bonchev–Trinajstić information content (AvgIpc) is 3.68. The third-order valence-electron chi connectivity index (χ3n) is 8.53. The summed E-state index contributed by atoms with van der Waals surface area (Å²) in [6.45, 7) is 12.7. The first kappa shape index (κ1) is 44.4. The minimum atomic E-state index is -2.00. The van der Waals surface area contributed by atoms with Gasteiger partial charge in [-0.1, -0.05) is 57.2 Å². The lowest BCUT2D eigenvalue weighted by Gasteiger charge is -2.39.